The van der Waals surface area contributed by atoms with Gasteiger partial charge >= 0.3 is 11.9 Å². The van der Waals surface area contributed by atoms with Crippen LogP contribution in [0.25, 0.3) is 0 Å². The highest BCUT2D eigenvalue weighted by Crippen LogP contribution is 2.77. The number of benzene rings is 1. The van der Waals surface area contributed by atoms with E-state index in [1.807, 2.05) is 7.05 Å². The van der Waals surface area contributed by atoms with Crippen LogP contribution in [-0.2, 0) is 30.3 Å². The molecular weight excluding hydrogens is 779 g/mol. The van der Waals surface area contributed by atoms with Crippen LogP contribution in [0.5, 0.6) is 0 Å². The molecule has 4 fully saturated rings. The zero-order valence-corrected chi connectivity index (χ0v) is 38.6. The number of ketones is 2. The molecule has 9 atom stereocenters. The Balaban J connectivity index is 1.25. The predicted molar refractivity (Wildman–Crippen MR) is 232 cm³/mol. The number of carbonyl (C=O) groups is 4. The summed E-state index contributed by atoms with van der Waals surface area (Å²) >= 11 is 7.35. The second-order valence-electron chi connectivity index (χ2n) is 22.1. The van der Waals surface area contributed by atoms with Crippen LogP contribution < -0.4 is 5.32 Å². The number of esters is 1. The number of halogens is 2. The summed E-state index contributed by atoms with van der Waals surface area (Å²) in [6, 6.07) is 6.38. The molecule has 0 bridgehead atoms. The largest absolute Gasteiger partial charge is 0.481 e. The quantitative estimate of drug-likeness (QED) is 0.212. The van der Waals surface area contributed by atoms with Crippen LogP contribution in [0.4, 0.5) is 4.39 Å². The number of carboxylic acid groups (broad SMARTS) is 1. The molecule has 1 aromatic rings. The Morgan fingerprint density at radius 2 is 1.63 bits per heavy atom. The number of likely N-dealkylation sites (N-methyl/N-ethyl adjacent to an activating group) is 1. The number of hydrogen-bond acceptors (Lipinski definition) is 7. The van der Waals surface area contributed by atoms with Gasteiger partial charge in [0.05, 0.1) is 11.8 Å². The maximum Gasteiger partial charge on any atom is 0.309 e. The molecule has 60 heavy (non-hydrogen) atoms. The highest BCUT2D eigenvalue weighted by atomic mass is 35.5. The second-order valence-corrected chi connectivity index (χ2v) is 22.4. The highest BCUT2D eigenvalue weighted by Gasteiger charge is 2.71. The minimum Gasteiger partial charge on any atom is -0.481 e. The first-order valence-corrected chi connectivity index (χ1v) is 23.2. The van der Waals surface area contributed by atoms with Gasteiger partial charge in [-0.2, -0.15) is 0 Å². The summed E-state index contributed by atoms with van der Waals surface area (Å²) in [5, 5.41) is 13.3. The molecule has 6 aliphatic rings. The van der Waals surface area contributed by atoms with Crippen molar-refractivity contribution >= 4 is 35.1 Å². The highest BCUT2D eigenvalue weighted by molar-refractivity contribution is 6.43. The lowest BCUT2D eigenvalue weighted by molar-refractivity contribution is -0.233. The minimum absolute atomic E-state index is 0.00215. The van der Waals surface area contributed by atoms with E-state index in [0.717, 1.165) is 68.2 Å². The van der Waals surface area contributed by atoms with Gasteiger partial charge in [0, 0.05) is 48.5 Å². The van der Waals surface area contributed by atoms with Crippen LogP contribution in [-0.4, -0.2) is 65.8 Å². The number of allylic oxidation sites excluding steroid dienone is 3. The zero-order chi connectivity index (χ0) is 44.0. The van der Waals surface area contributed by atoms with Gasteiger partial charge in [-0.3, -0.25) is 19.2 Å². The number of fused-ring (bicyclic) bond motifs is 7. The Hall–Kier alpha value is -3.04. The SMILES string of the molecule is CNCCN1C([C@@]23CC[C@]4(C)[C@H](CC[C@@H]5[C@@]6(C)CC[C@H](OC(=O)CC(C)(C)C(=O)O)C(C)(C)[C@@H]6CC[C@]54C)C2=C(C(C)C)C(=O)C3)=C(Cl)C(=O)CC1Cc1ccc(F)cc1. The average molecular weight is 850 g/mol. The summed E-state index contributed by atoms with van der Waals surface area (Å²) in [5.74, 6) is -0.718. The van der Waals surface area contributed by atoms with Crippen LogP contribution in [0.3, 0.4) is 0 Å². The summed E-state index contributed by atoms with van der Waals surface area (Å²) in [4.78, 5) is 56.2. The molecule has 0 amide bonds. The van der Waals surface area contributed by atoms with E-state index in [1.165, 1.54) is 17.7 Å². The molecule has 8 nitrogen and oxygen atoms in total. The maximum atomic E-state index is 14.7. The molecular formula is C50H70ClFN2O6. The first-order valence-electron chi connectivity index (χ1n) is 22.8. The van der Waals surface area contributed by atoms with E-state index >= 15 is 0 Å². The van der Waals surface area contributed by atoms with Crippen LogP contribution in [0.1, 0.15) is 139 Å². The molecule has 330 valence electrons. The number of Topliss-reactive ketones (excluding diaryl/α,β-unsaturated/α-hetero) is 2. The third-order valence-electron chi connectivity index (χ3n) is 17.9. The molecule has 1 unspecified atom stereocenters. The Labute approximate surface area is 362 Å². The van der Waals surface area contributed by atoms with Crippen LogP contribution in [0, 0.1) is 62.0 Å². The van der Waals surface area contributed by atoms with E-state index in [0.29, 0.717) is 37.8 Å². The summed E-state index contributed by atoms with van der Waals surface area (Å²) in [7, 11) is 1.93. The molecule has 4 saturated carbocycles. The van der Waals surface area contributed by atoms with Gasteiger partial charge < -0.3 is 20.1 Å². The molecule has 0 aromatic heterocycles. The fourth-order valence-electron chi connectivity index (χ4n) is 14.7. The number of aliphatic carboxylic acids is 1. The van der Waals surface area contributed by atoms with Crippen LogP contribution in [0.2, 0.25) is 0 Å². The minimum atomic E-state index is -1.19. The fourth-order valence-corrected chi connectivity index (χ4v) is 15.0. The van der Waals surface area contributed by atoms with Crippen molar-refractivity contribution in [2.75, 3.05) is 20.1 Å². The predicted octanol–water partition coefficient (Wildman–Crippen LogP) is 10.1. The Kier molecular flexibility index (Phi) is 11.7. The van der Waals surface area contributed by atoms with Gasteiger partial charge in [-0.15, -0.1) is 0 Å². The molecule has 10 heteroatoms. The normalized spacial score (nSPS) is 36.5. The Morgan fingerprint density at radius 1 is 0.950 bits per heavy atom. The van der Waals surface area contributed by atoms with Gasteiger partial charge in [-0.1, -0.05) is 72.2 Å². The third-order valence-corrected chi connectivity index (χ3v) is 18.2. The molecule has 0 spiro atoms. The molecule has 0 radical (unpaired) electrons. The third kappa shape index (κ3) is 6.93. The number of rotatable bonds is 11. The van der Waals surface area contributed by atoms with Gasteiger partial charge in [-0.25, -0.2) is 4.39 Å². The zero-order valence-electron chi connectivity index (χ0n) is 37.9. The lowest BCUT2D eigenvalue weighted by Crippen LogP contribution is -2.66. The van der Waals surface area contributed by atoms with Crippen LogP contribution in [0.15, 0.2) is 46.1 Å². The van der Waals surface area contributed by atoms with E-state index in [1.54, 1.807) is 26.0 Å². The maximum absolute atomic E-state index is 14.7. The van der Waals surface area contributed by atoms with Crippen molar-refractivity contribution in [3.8, 4) is 0 Å². The summed E-state index contributed by atoms with van der Waals surface area (Å²) in [5.41, 5.74) is 1.70. The monoisotopic (exact) mass is 848 g/mol. The number of nitrogens with zero attached hydrogens (tertiary/aromatic N) is 1. The van der Waals surface area contributed by atoms with Gasteiger partial charge in [0.25, 0.3) is 0 Å². The van der Waals surface area contributed by atoms with Crippen molar-refractivity contribution in [3.63, 3.8) is 0 Å². The lowest BCUT2D eigenvalue weighted by Gasteiger charge is -2.72. The Bertz CT molecular complexity index is 1990. The van der Waals surface area contributed by atoms with Gasteiger partial charge in [0.2, 0.25) is 0 Å². The standard InChI is InChI=1S/C50H70ClFN2O6/c1-29(2)40-35(56)27-50(43-42(51)34(55)26-32(54(43)24-23-53-10)25-30-11-13-31(52)14-12-30)22-21-48(8)33(41(40)50)15-16-37-47(7)19-18-38(60-39(57)28-45(3,4)44(58)59)46(5,6)36(47)17-20-49(37,48)9/h11-14,29,32-33,36-38,53H,15-28H2,1-10H3,(H,58,59)/t32?,33-,36+,37-,38+,47+,48-,49-,50-/m1/s1. The van der Waals surface area contributed by atoms with Crippen molar-refractivity contribution in [1.82, 2.24) is 10.2 Å². The summed E-state index contributed by atoms with van der Waals surface area (Å²) < 4.78 is 20.2. The van der Waals surface area contributed by atoms with E-state index in [2.05, 4.69) is 58.7 Å². The lowest BCUT2D eigenvalue weighted by atomic mass is 9.33. The van der Waals surface area contributed by atoms with Crippen molar-refractivity contribution < 1.29 is 33.4 Å². The molecule has 1 aromatic carbocycles. The van der Waals surface area contributed by atoms with E-state index < -0.39 is 22.8 Å². The number of ether oxygens (including phenoxy) is 1. The molecule has 5 aliphatic carbocycles. The van der Waals surface area contributed by atoms with E-state index in [9.17, 15) is 28.7 Å². The van der Waals surface area contributed by atoms with Crippen LogP contribution >= 0.6 is 11.6 Å². The van der Waals surface area contributed by atoms with E-state index in [-0.39, 0.29) is 80.9 Å². The van der Waals surface area contributed by atoms with Gasteiger partial charge in [0.1, 0.15) is 17.0 Å². The fraction of sp³-hybridized carbons (Fsp3) is 0.720. The van der Waals surface area contributed by atoms with E-state index in [4.69, 9.17) is 16.3 Å². The number of carboxylic acids is 1. The number of nitrogens with one attached hydrogen (secondary N) is 1. The molecule has 7 rings (SSSR count). The van der Waals surface area contributed by atoms with Crippen molar-refractivity contribution in [1.29, 1.82) is 0 Å². The number of carbonyl (C=O) groups excluding carboxylic acids is 3. The summed E-state index contributed by atoms with van der Waals surface area (Å²) in [6.45, 7) is 20.8. The Morgan fingerprint density at radius 3 is 2.27 bits per heavy atom. The molecule has 1 heterocycles. The first-order chi connectivity index (χ1) is 28.0. The van der Waals surface area contributed by atoms with Gasteiger partial charge in [-0.05, 0) is 147 Å². The van der Waals surface area contributed by atoms with Crippen molar-refractivity contribution in [2.24, 2.45) is 56.2 Å². The topological polar surface area (TPSA) is 113 Å². The summed E-state index contributed by atoms with van der Waals surface area (Å²) in [6.07, 6.45) is 8.08. The van der Waals surface area contributed by atoms with Crippen molar-refractivity contribution in [3.05, 3.63) is 57.5 Å². The first kappa shape index (κ1) is 45.0. The number of hydrogen-bond donors (Lipinski definition) is 2. The smallest absolute Gasteiger partial charge is 0.309 e. The van der Waals surface area contributed by atoms with Crippen molar-refractivity contribution in [2.45, 2.75) is 152 Å². The molecule has 2 N–H and O–H groups in total. The molecule has 1 aliphatic heterocycles. The van der Waals surface area contributed by atoms with Gasteiger partial charge in [0.15, 0.2) is 11.6 Å². The second kappa shape index (κ2) is 15.6. The average Bonchev–Trinajstić information content (AvgIpc) is 3.47. The molecule has 0 saturated heterocycles.